The van der Waals surface area contributed by atoms with Gasteiger partial charge in [-0.1, -0.05) is 29.8 Å². The van der Waals surface area contributed by atoms with Crippen molar-refractivity contribution in [3.63, 3.8) is 0 Å². The molecular weight excluding hydrogens is 260 g/mol. The van der Waals surface area contributed by atoms with Crippen LogP contribution in [0.25, 0.3) is 0 Å². The number of likely N-dealkylation sites (N-methyl/N-ethyl adjacent to an activating group) is 1. The number of nitrogens with zero attached hydrogens (tertiary/aromatic N) is 1. The molecule has 0 radical (unpaired) electrons. The lowest BCUT2D eigenvalue weighted by molar-refractivity contribution is 0.292. The predicted molar refractivity (Wildman–Crippen MR) is 77.5 cm³/mol. The second kappa shape index (κ2) is 6.03. The first-order chi connectivity index (χ1) is 9.01. The highest BCUT2D eigenvalue weighted by atomic mass is 32.2. The molecular formula is C14H22N2O2S. The Balaban J connectivity index is 2.09. The van der Waals surface area contributed by atoms with Crippen molar-refractivity contribution < 1.29 is 8.42 Å². The summed E-state index contributed by atoms with van der Waals surface area (Å²) in [4.78, 5) is 0. The topological polar surface area (TPSA) is 49.4 Å². The molecule has 1 fully saturated rings. The molecule has 1 aliphatic heterocycles. The molecule has 0 saturated carbocycles. The van der Waals surface area contributed by atoms with Gasteiger partial charge >= 0.3 is 0 Å². The number of rotatable bonds is 4. The molecule has 1 heterocycles. The lowest BCUT2D eigenvalue weighted by Gasteiger charge is -2.31. The maximum absolute atomic E-state index is 12.4. The van der Waals surface area contributed by atoms with E-state index in [2.05, 4.69) is 5.32 Å². The van der Waals surface area contributed by atoms with E-state index < -0.39 is 10.0 Å². The van der Waals surface area contributed by atoms with Gasteiger partial charge in [-0.3, -0.25) is 0 Å². The molecule has 5 heteroatoms. The van der Waals surface area contributed by atoms with Gasteiger partial charge in [0.25, 0.3) is 0 Å². The van der Waals surface area contributed by atoms with E-state index in [1.54, 1.807) is 4.31 Å². The van der Waals surface area contributed by atoms with Gasteiger partial charge in [0.2, 0.25) is 10.0 Å². The zero-order valence-electron chi connectivity index (χ0n) is 11.6. The first kappa shape index (κ1) is 14.5. The van der Waals surface area contributed by atoms with Crippen molar-refractivity contribution in [2.45, 2.75) is 31.6 Å². The van der Waals surface area contributed by atoms with Crippen molar-refractivity contribution in [3.05, 3.63) is 35.4 Å². The molecule has 0 aliphatic carbocycles. The van der Waals surface area contributed by atoms with Crippen LogP contribution in [0.4, 0.5) is 0 Å². The average molecular weight is 282 g/mol. The molecule has 4 nitrogen and oxygen atoms in total. The van der Waals surface area contributed by atoms with Crippen molar-refractivity contribution in [3.8, 4) is 0 Å². The minimum absolute atomic E-state index is 0.102. The molecule has 19 heavy (non-hydrogen) atoms. The van der Waals surface area contributed by atoms with Crippen LogP contribution in [0.5, 0.6) is 0 Å². The predicted octanol–water partition coefficient (Wildman–Crippen LogP) is 1.51. The van der Waals surface area contributed by atoms with E-state index in [1.165, 1.54) is 0 Å². The second-order valence-corrected chi connectivity index (χ2v) is 7.20. The molecule has 0 amide bonds. The van der Waals surface area contributed by atoms with Crippen molar-refractivity contribution in [2.75, 3.05) is 20.1 Å². The molecule has 1 atom stereocenters. The van der Waals surface area contributed by atoms with Crippen LogP contribution in [0.2, 0.25) is 0 Å². The summed E-state index contributed by atoms with van der Waals surface area (Å²) in [7, 11) is -1.31. The summed E-state index contributed by atoms with van der Waals surface area (Å²) in [6, 6.07) is 7.99. The van der Waals surface area contributed by atoms with E-state index in [1.807, 2.05) is 38.2 Å². The third-order valence-corrected chi connectivity index (χ3v) is 5.43. The Labute approximate surface area is 115 Å². The summed E-state index contributed by atoms with van der Waals surface area (Å²) >= 11 is 0. The summed E-state index contributed by atoms with van der Waals surface area (Å²) in [5.74, 6) is 0.102. The van der Waals surface area contributed by atoms with Gasteiger partial charge in [0.15, 0.2) is 0 Å². The summed E-state index contributed by atoms with van der Waals surface area (Å²) < 4.78 is 26.5. The highest BCUT2D eigenvalue weighted by Gasteiger charge is 2.28. The summed E-state index contributed by atoms with van der Waals surface area (Å²) in [5, 5.41) is 3.17. The zero-order chi connectivity index (χ0) is 13.9. The smallest absolute Gasteiger partial charge is 0.218 e. The Morgan fingerprint density at radius 3 is 2.89 bits per heavy atom. The number of nitrogens with one attached hydrogen (secondary N) is 1. The minimum atomic E-state index is -3.20. The highest BCUT2D eigenvalue weighted by molar-refractivity contribution is 7.88. The van der Waals surface area contributed by atoms with Gasteiger partial charge in [0, 0.05) is 19.1 Å². The van der Waals surface area contributed by atoms with Gasteiger partial charge in [-0.15, -0.1) is 0 Å². The van der Waals surface area contributed by atoms with E-state index in [0.29, 0.717) is 13.1 Å². The monoisotopic (exact) mass is 282 g/mol. The molecule has 1 aromatic carbocycles. The van der Waals surface area contributed by atoms with Crippen LogP contribution in [-0.2, 0) is 15.8 Å². The Morgan fingerprint density at radius 1 is 1.42 bits per heavy atom. The number of hydrogen-bond acceptors (Lipinski definition) is 3. The number of hydrogen-bond donors (Lipinski definition) is 1. The molecule has 1 aromatic rings. The molecule has 1 N–H and O–H groups in total. The summed E-state index contributed by atoms with van der Waals surface area (Å²) in [6.45, 7) is 3.21. The molecule has 0 bridgehead atoms. The fourth-order valence-electron chi connectivity index (χ4n) is 2.53. The summed E-state index contributed by atoms with van der Waals surface area (Å²) in [6.07, 6.45) is 1.98. The van der Waals surface area contributed by atoms with Crippen LogP contribution in [0.3, 0.4) is 0 Å². The normalized spacial score (nSPS) is 21.5. The third-order valence-electron chi connectivity index (χ3n) is 3.62. The van der Waals surface area contributed by atoms with E-state index >= 15 is 0 Å². The van der Waals surface area contributed by atoms with Gasteiger partial charge < -0.3 is 5.32 Å². The van der Waals surface area contributed by atoms with Crippen molar-refractivity contribution in [2.24, 2.45) is 0 Å². The van der Waals surface area contributed by atoms with Crippen LogP contribution in [0.15, 0.2) is 24.3 Å². The van der Waals surface area contributed by atoms with Gasteiger partial charge in [-0.2, -0.15) is 0 Å². The van der Waals surface area contributed by atoms with Gasteiger partial charge in [0.1, 0.15) is 0 Å². The minimum Gasteiger partial charge on any atom is -0.316 e. The number of aryl methyl sites for hydroxylation is 1. The Bertz CT molecular complexity index is 528. The van der Waals surface area contributed by atoms with Gasteiger partial charge in [-0.05, 0) is 32.4 Å². The zero-order valence-corrected chi connectivity index (χ0v) is 12.4. The fraction of sp³-hybridized carbons (Fsp3) is 0.571. The van der Waals surface area contributed by atoms with Crippen molar-refractivity contribution >= 4 is 10.0 Å². The number of piperidine rings is 1. The maximum Gasteiger partial charge on any atom is 0.218 e. The lowest BCUT2D eigenvalue weighted by Crippen LogP contribution is -2.47. The van der Waals surface area contributed by atoms with Crippen molar-refractivity contribution in [1.29, 1.82) is 0 Å². The second-order valence-electron chi connectivity index (χ2n) is 5.23. The van der Waals surface area contributed by atoms with Crippen LogP contribution >= 0.6 is 0 Å². The quantitative estimate of drug-likeness (QED) is 0.910. The SMILES string of the molecule is CNC1CCCN(S(=O)(=O)Cc2cccc(C)c2)C1. The average Bonchev–Trinajstić information content (AvgIpc) is 2.38. The van der Waals surface area contributed by atoms with Gasteiger partial charge in [0.05, 0.1) is 5.75 Å². The molecule has 1 unspecified atom stereocenters. The number of benzene rings is 1. The maximum atomic E-state index is 12.4. The first-order valence-corrected chi connectivity index (χ1v) is 8.33. The number of sulfonamides is 1. The molecule has 2 rings (SSSR count). The Hall–Kier alpha value is -0.910. The van der Waals surface area contributed by atoms with E-state index in [0.717, 1.165) is 24.0 Å². The summed E-state index contributed by atoms with van der Waals surface area (Å²) in [5.41, 5.74) is 1.96. The lowest BCUT2D eigenvalue weighted by atomic mass is 10.1. The Morgan fingerprint density at radius 2 is 2.21 bits per heavy atom. The highest BCUT2D eigenvalue weighted by Crippen LogP contribution is 2.18. The van der Waals surface area contributed by atoms with E-state index in [9.17, 15) is 8.42 Å². The first-order valence-electron chi connectivity index (χ1n) is 6.72. The third kappa shape index (κ3) is 3.78. The van der Waals surface area contributed by atoms with Crippen LogP contribution in [-0.4, -0.2) is 38.9 Å². The molecule has 1 aliphatic rings. The van der Waals surface area contributed by atoms with E-state index in [4.69, 9.17) is 0 Å². The Kier molecular flexibility index (Phi) is 4.60. The molecule has 0 spiro atoms. The van der Waals surface area contributed by atoms with Crippen LogP contribution < -0.4 is 5.32 Å². The standard InChI is InChI=1S/C14H22N2O2S/c1-12-5-3-6-13(9-12)11-19(17,18)16-8-4-7-14(10-16)15-2/h3,5-6,9,14-15H,4,7-8,10-11H2,1-2H3. The molecule has 106 valence electrons. The van der Waals surface area contributed by atoms with Crippen molar-refractivity contribution in [1.82, 2.24) is 9.62 Å². The van der Waals surface area contributed by atoms with Crippen LogP contribution in [0, 0.1) is 6.92 Å². The molecule has 1 saturated heterocycles. The van der Waals surface area contributed by atoms with Gasteiger partial charge in [-0.25, -0.2) is 12.7 Å². The fourth-order valence-corrected chi connectivity index (χ4v) is 4.13. The van der Waals surface area contributed by atoms with E-state index in [-0.39, 0.29) is 11.8 Å². The largest absolute Gasteiger partial charge is 0.316 e. The van der Waals surface area contributed by atoms with Crippen LogP contribution in [0.1, 0.15) is 24.0 Å². The molecule has 0 aromatic heterocycles.